The van der Waals surface area contributed by atoms with E-state index in [0.717, 1.165) is 0 Å². The molecule has 0 spiro atoms. The van der Waals surface area contributed by atoms with Crippen LogP contribution in [0.25, 0.3) is 0 Å². The monoisotopic (exact) mass is 314 g/mol. The predicted molar refractivity (Wildman–Crippen MR) is 70.2 cm³/mol. The van der Waals surface area contributed by atoms with E-state index in [2.05, 4.69) is 0 Å². The van der Waals surface area contributed by atoms with Crippen LogP contribution in [0.4, 0.5) is 0 Å². The van der Waals surface area contributed by atoms with Gasteiger partial charge in [0.05, 0.1) is 51.8 Å². The first kappa shape index (κ1) is 20.6. The van der Waals surface area contributed by atoms with Crippen molar-refractivity contribution >= 4 is 0 Å². The molecule has 0 rings (SSSR count). The Hall–Kier alpha value is -0.360. The molecule has 0 saturated carbocycles. The molecule has 0 aromatic rings. The van der Waals surface area contributed by atoms with Gasteiger partial charge in [-0.15, -0.1) is 0 Å². The Kier molecular flexibility index (Phi) is 13.1. The van der Waals surface area contributed by atoms with Crippen molar-refractivity contribution in [2.75, 3.05) is 39.6 Å². The fourth-order valence-electron chi connectivity index (χ4n) is 1.17. The van der Waals surface area contributed by atoms with Gasteiger partial charge in [-0.2, -0.15) is 0 Å². The number of hydrogen-bond donors (Lipinski definition) is 6. The van der Waals surface area contributed by atoms with Gasteiger partial charge in [0.15, 0.2) is 0 Å². The molecule has 0 aromatic carbocycles. The SMILES string of the molecule is OCC(O)CCOC(OCCC(O)CO)OCC(O)CO. The zero-order chi connectivity index (χ0) is 16.1. The average molecular weight is 314 g/mol. The lowest BCUT2D eigenvalue weighted by Crippen LogP contribution is -2.30. The van der Waals surface area contributed by atoms with Gasteiger partial charge in [0.2, 0.25) is 0 Å². The smallest absolute Gasteiger partial charge is 0.271 e. The highest BCUT2D eigenvalue weighted by molar-refractivity contribution is 4.53. The van der Waals surface area contributed by atoms with Gasteiger partial charge in [-0.25, -0.2) is 0 Å². The summed E-state index contributed by atoms with van der Waals surface area (Å²) in [6.45, 7) is -2.52. The molecular formula is C12H26O9. The van der Waals surface area contributed by atoms with E-state index in [-0.39, 0.29) is 45.9 Å². The Morgan fingerprint density at radius 2 is 1.05 bits per heavy atom. The molecule has 0 bridgehead atoms. The molecule has 6 N–H and O–H groups in total. The van der Waals surface area contributed by atoms with Crippen molar-refractivity contribution in [3.63, 3.8) is 0 Å². The van der Waals surface area contributed by atoms with E-state index in [1.807, 2.05) is 0 Å². The molecule has 0 amide bonds. The summed E-state index contributed by atoms with van der Waals surface area (Å²) >= 11 is 0. The lowest BCUT2D eigenvalue weighted by atomic mass is 10.3. The molecule has 3 atom stereocenters. The average Bonchev–Trinajstić information content (AvgIpc) is 2.50. The summed E-state index contributed by atoms with van der Waals surface area (Å²) in [4.78, 5) is 0. The number of ether oxygens (including phenoxy) is 3. The van der Waals surface area contributed by atoms with Crippen molar-refractivity contribution in [3.05, 3.63) is 0 Å². The van der Waals surface area contributed by atoms with Crippen LogP contribution in [0, 0.1) is 0 Å². The normalized spacial score (nSPS) is 17.4. The molecule has 9 heteroatoms. The fraction of sp³-hybridized carbons (Fsp3) is 1.00. The summed E-state index contributed by atoms with van der Waals surface area (Å²) in [5, 5.41) is 53.5. The van der Waals surface area contributed by atoms with Crippen LogP contribution in [0.3, 0.4) is 0 Å². The number of aliphatic hydroxyl groups is 6. The molecule has 0 aromatic heterocycles. The van der Waals surface area contributed by atoms with Gasteiger partial charge < -0.3 is 44.8 Å². The van der Waals surface area contributed by atoms with E-state index in [0.29, 0.717) is 0 Å². The van der Waals surface area contributed by atoms with Crippen LogP contribution in [0.15, 0.2) is 0 Å². The quantitative estimate of drug-likeness (QED) is 0.186. The molecule has 3 unspecified atom stereocenters. The second-order valence-corrected chi connectivity index (χ2v) is 4.45. The minimum atomic E-state index is -1.15. The van der Waals surface area contributed by atoms with E-state index >= 15 is 0 Å². The third-order valence-corrected chi connectivity index (χ3v) is 2.47. The fourth-order valence-corrected chi connectivity index (χ4v) is 1.17. The standard InChI is InChI=1S/C12H26O9/c13-5-9(16)1-3-19-12(21-8-11(18)7-15)20-4-2-10(17)6-14/h9-18H,1-8H2. The number of hydrogen-bond acceptors (Lipinski definition) is 9. The zero-order valence-electron chi connectivity index (χ0n) is 11.9. The molecular weight excluding hydrogens is 288 g/mol. The number of rotatable bonds is 14. The summed E-state index contributed by atoms with van der Waals surface area (Å²) in [7, 11) is 0. The molecule has 0 fully saturated rings. The van der Waals surface area contributed by atoms with Crippen LogP contribution >= 0.6 is 0 Å². The van der Waals surface area contributed by atoms with E-state index in [1.54, 1.807) is 0 Å². The maximum atomic E-state index is 9.18. The van der Waals surface area contributed by atoms with Gasteiger partial charge in [0.1, 0.15) is 6.10 Å². The van der Waals surface area contributed by atoms with Crippen LogP contribution in [-0.2, 0) is 14.2 Å². The van der Waals surface area contributed by atoms with Crippen molar-refractivity contribution in [3.8, 4) is 0 Å². The van der Waals surface area contributed by atoms with Gasteiger partial charge in [-0.1, -0.05) is 0 Å². The van der Waals surface area contributed by atoms with E-state index < -0.39 is 31.4 Å². The zero-order valence-corrected chi connectivity index (χ0v) is 11.9. The van der Waals surface area contributed by atoms with Crippen molar-refractivity contribution in [1.29, 1.82) is 0 Å². The minimum Gasteiger partial charge on any atom is -0.394 e. The maximum Gasteiger partial charge on any atom is 0.271 e. The Morgan fingerprint density at radius 3 is 1.43 bits per heavy atom. The van der Waals surface area contributed by atoms with Gasteiger partial charge in [0.25, 0.3) is 6.48 Å². The van der Waals surface area contributed by atoms with Crippen LogP contribution < -0.4 is 0 Å². The van der Waals surface area contributed by atoms with Crippen LogP contribution in [-0.4, -0.2) is 95.1 Å². The Labute approximate surface area is 123 Å². The highest BCUT2D eigenvalue weighted by atomic mass is 16.8. The summed E-state index contributed by atoms with van der Waals surface area (Å²) in [6, 6.07) is 0. The lowest BCUT2D eigenvalue weighted by Gasteiger charge is -2.21. The first-order valence-corrected chi connectivity index (χ1v) is 6.75. The van der Waals surface area contributed by atoms with Gasteiger partial charge in [-0.05, 0) is 12.8 Å². The van der Waals surface area contributed by atoms with Crippen molar-refractivity contribution in [2.24, 2.45) is 0 Å². The van der Waals surface area contributed by atoms with Crippen LogP contribution in [0.2, 0.25) is 0 Å². The highest BCUT2D eigenvalue weighted by Gasteiger charge is 2.15. The third kappa shape index (κ3) is 11.9. The molecule has 0 aliphatic heterocycles. The largest absolute Gasteiger partial charge is 0.394 e. The van der Waals surface area contributed by atoms with Gasteiger partial charge >= 0.3 is 0 Å². The third-order valence-electron chi connectivity index (χ3n) is 2.47. The summed E-state index contributed by atoms with van der Waals surface area (Å²) in [6.07, 6.45) is -2.57. The maximum absolute atomic E-state index is 9.18. The molecule has 0 aliphatic rings. The lowest BCUT2D eigenvalue weighted by molar-refractivity contribution is -0.297. The highest BCUT2D eigenvalue weighted by Crippen LogP contribution is 2.04. The van der Waals surface area contributed by atoms with Crippen LogP contribution in [0.5, 0.6) is 0 Å². The first-order chi connectivity index (χ1) is 10.0. The Balaban J connectivity index is 4.01. The predicted octanol–water partition coefficient (Wildman–Crippen LogP) is -2.84. The van der Waals surface area contributed by atoms with E-state index in [1.165, 1.54) is 0 Å². The molecule has 128 valence electrons. The molecule has 9 nitrogen and oxygen atoms in total. The molecule has 21 heavy (non-hydrogen) atoms. The van der Waals surface area contributed by atoms with Gasteiger partial charge in [-0.3, -0.25) is 0 Å². The van der Waals surface area contributed by atoms with Gasteiger partial charge in [0, 0.05) is 0 Å². The topological polar surface area (TPSA) is 149 Å². The molecule has 0 saturated heterocycles. The van der Waals surface area contributed by atoms with E-state index in [9.17, 15) is 5.11 Å². The molecule has 0 aliphatic carbocycles. The Bertz CT molecular complexity index is 213. The number of aliphatic hydroxyl groups excluding tert-OH is 6. The second kappa shape index (κ2) is 13.3. The summed E-state index contributed by atoms with van der Waals surface area (Å²) in [5.74, 6) is 0. The van der Waals surface area contributed by atoms with Crippen molar-refractivity contribution in [1.82, 2.24) is 0 Å². The minimum absolute atomic E-state index is 0.0458. The Morgan fingerprint density at radius 1 is 0.619 bits per heavy atom. The van der Waals surface area contributed by atoms with Crippen molar-refractivity contribution < 1.29 is 44.8 Å². The molecule has 0 radical (unpaired) electrons. The summed E-state index contributed by atoms with van der Waals surface area (Å²) < 4.78 is 15.4. The van der Waals surface area contributed by atoms with Crippen LogP contribution in [0.1, 0.15) is 12.8 Å². The first-order valence-electron chi connectivity index (χ1n) is 6.75. The van der Waals surface area contributed by atoms with E-state index in [4.69, 9.17) is 39.7 Å². The second-order valence-electron chi connectivity index (χ2n) is 4.45. The van der Waals surface area contributed by atoms with Crippen molar-refractivity contribution in [2.45, 2.75) is 37.6 Å². The molecule has 0 heterocycles. The summed E-state index contributed by atoms with van der Waals surface area (Å²) in [5.41, 5.74) is 0.